The van der Waals surface area contributed by atoms with Crippen LogP contribution in [0.2, 0.25) is 5.02 Å². The molecular formula is C13H19ClO4. The lowest BCUT2D eigenvalue weighted by atomic mass is 10.1. The fourth-order valence-electron chi connectivity index (χ4n) is 1.47. The molecule has 0 aliphatic heterocycles. The molecule has 0 heterocycles. The van der Waals surface area contributed by atoms with Crippen LogP contribution in [0.15, 0.2) is 18.2 Å². The van der Waals surface area contributed by atoms with Gasteiger partial charge in [-0.1, -0.05) is 11.6 Å². The molecular weight excluding hydrogens is 256 g/mol. The Bertz CT molecular complexity index is 368. The minimum atomic E-state index is -0.692. The van der Waals surface area contributed by atoms with E-state index in [9.17, 15) is 10.2 Å². The fraction of sp³-hybridized carbons (Fsp3) is 0.538. The Morgan fingerprint density at radius 3 is 2.61 bits per heavy atom. The van der Waals surface area contributed by atoms with Gasteiger partial charge in [-0.25, -0.2) is 0 Å². The number of benzene rings is 1. The molecule has 0 aromatic heterocycles. The van der Waals surface area contributed by atoms with Crippen molar-refractivity contribution in [3.05, 3.63) is 28.8 Å². The normalized spacial score (nSPS) is 14.3. The van der Waals surface area contributed by atoms with E-state index in [0.29, 0.717) is 22.9 Å². The molecule has 102 valence electrons. The van der Waals surface area contributed by atoms with Crippen molar-refractivity contribution in [2.75, 3.05) is 19.8 Å². The molecule has 0 aliphatic rings. The van der Waals surface area contributed by atoms with Gasteiger partial charge in [0.15, 0.2) is 0 Å². The van der Waals surface area contributed by atoms with Gasteiger partial charge in [-0.3, -0.25) is 0 Å². The molecule has 4 nitrogen and oxygen atoms in total. The second-order valence-corrected chi connectivity index (χ2v) is 4.42. The lowest BCUT2D eigenvalue weighted by Gasteiger charge is -2.16. The topological polar surface area (TPSA) is 58.9 Å². The largest absolute Gasteiger partial charge is 0.490 e. The van der Waals surface area contributed by atoms with Gasteiger partial charge < -0.3 is 19.7 Å². The van der Waals surface area contributed by atoms with Crippen molar-refractivity contribution in [2.24, 2.45) is 0 Å². The van der Waals surface area contributed by atoms with Crippen LogP contribution in [-0.2, 0) is 4.74 Å². The van der Waals surface area contributed by atoms with Gasteiger partial charge in [0, 0.05) is 17.2 Å². The number of hydrogen-bond acceptors (Lipinski definition) is 4. The van der Waals surface area contributed by atoms with Crippen molar-refractivity contribution >= 4 is 11.6 Å². The molecule has 0 saturated heterocycles. The van der Waals surface area contributed by atoms with Gasteiger partial charge in [-0.15, -0.1) is 0 Å². The van der Waals surface area contributed by atoms with Crippen molar-refractivity contribution in [1.82, 2.24) is 0 Å². The highest BCUT2D eigenvalue weighted by molar-refractivity contribution is 6.30. The molecule has 0 amide bonds. The quantitative estimate of drug-likeness (QED) is 0.800. The molecule has 1 aromatic rings. The van der Waals surface area contributed by atoms with E-state index in [4.69, 9.17) is 21.1 Å². The van der Waals surface area contributed by atoms with Gasteiger partial charge in [0.25, 0.3) is 0 Å². The summed E-state index contributed by atoms with van der Waals surface area (Å²) < 4.78 is 10.5. The van der Waals surface area contributed by atoms with Crippen LogP contribution < -0.4 is 4.74 Å². The summed E-state index contributed by atoms with van der Waals surface area (Å²) in [4.78, 5) is 0. The van der Waals surface area contributed by atoms with Crippen molar-refractivity contribution in [3.8, 4) is 5.75 Å². The maximum Gasteiger partial charge on any atom is 0.125 e. The Kier molecular flexibility index (Phi) is 6.43. The van der Waals surface area contributed by atoms with E-state index in [2.05, 4.69) is 0 Å². The number of aliphatic hydroxyl groups excluding tert-OH is 2. The minimum Gasteiger partial charge on any atom is -0.490 e. The van der Waals surface area contributed by atoms with Crippen LogP contribution in [0.4, 0.5) is 0 Å². The first-order chi connectivity index (χ1) is 8.54. The Labute approximate surface area is 112 Å². The smallest absolute Gasteiger partial charge is 0.125 e. The van der Waals surface area contributed by atoms with Gasteiger partial charge in [-0.05, 0) is 32.0 Å². The third-order valence-electron chi connectivity index (χ3n) is 2.37. The zero-order valence-corrected chi connectivity index (χ0v) is 11.4. The first-order valence-electron chi connectivity index (χ1n) is 5.90. The van der Waals surface area contributed by atoms with Gasteiger partial charge in [0.1, 0.15) is 18.5 Å². The molecule has 1 unspecified atom stereocenters. The van der Waals surface area contributed by atoms with E-state index in [1.807, 2.05) is 6.92 Å². The Balaban J connectivity index is 2.61. The summed E-state index contributed by atoms with van der Waals surface area (Å²) in [6.07, 6.45) is -1.37. The molecule has 1 aromatic carbocycles. The summed E-state index contributed by atoms with van der Waals surface area (Å²) in [7, 11) is 0. The summed E-state index contributed by atoms with van der Waals surface area (Å²) in [5.41, 5.74) is 0.603. The lowest BCUT2D eigenvalue weighted by molar-refractivity contribution is 0.0158. The first kappa shape index (κ1) is 15.2. The summed E-state index contributed by atoms with van der Waals surface area (Å²) in [6, 6.07) is 5.01. The molecule has 0 radical (unpaired) electrons. The second kappa shape index (κ2) is 7.59. The molecule has 5 heteroatoms. The van der Waals surface area contributed by atoms with Crippen LogP contribution in [0.1, 0.15) is 25.5 Å². The van der Waals surface area contributed by atoms with E-state index in [-0.39, 0.29) is 13.2 Å². The SMILES string of the molecule is CCOCC(O)COc1ccc(Cl)cc1[C@H](C)O. The fourth-order valence-corrected chi connectivity index (χ4v) is 1.65. The zero-order chi connectivity index (χ0) is 13.5. The molecule has 0 spiro atoms. The Morgan fingerprint density at radius 2 is 2.00 bits per heavy atom. The molecule has 0 fully saturated rings. The second-order valence-electron chi connectivity index (χ2n) is 3.98. The van der Waals surface area contributed by atoms with Crippen molar-refractivity contribution in [1.29, 1.82) is 0 Å². The van der Waals surface area contributed by atoms with E-state index < -0.39 is 12.2 Å². The van der Waals surface area contributed by atoms with Crippen LogP contribution >= 0.6 is 11.6 Å². The Hall–Kier alpha value is -0.810. The van der Waals surface area contributed by atoms with E-state index >= 15 is 0 Å². The predicted molar refractivity (Wildman–Crippen MR) is 70.1 cm³/mol. The lowest BCUT2D eigenvalue weighted by Crippen LogP contribution is -2.23. The first-order valence-corrected chi connectivity index (χ1v) is 6.28. The predicted octanol–water partition coefficient (Wildman–Crippen LogP) is 2.17. The minimum absolute atomic E-state index is 0.112. The number of hydrogen-bond donors (Lipinski definition) is 2. The van der Waals surface area contributed by atoms with E-state index in [0.717, 1.165) is 0 Å². The third-order valence-corrected chi connectivity index (χ3v) is 2.60. The standard InChI is InChI=1S/C13H19ClO4/c1-3-17-7-11(16)8-18-13-5-4-10(14)6-12(13)9(2)15/h4-6,9,11,15-16H,3,7-8H2,1-2H3/t9-,11?/m0/s1. The van der Waals surface area contributed by atoms with Gasteiger partial charge >= 0.3 is 0 Å². The van der Waals surface area contributed by atoms with Crippen LogP contribution in [0, 0.1) is 0 Å². The third kappa shape index (κ3) is 4.82. The number of aliphatic hydroxyl groups is 2. The van der Waals surface area contributed by atoms with Gasteiger partial charge in [-0.2, -0.15) is 0 Å². The summed E-state index contributed by atoms with van der Waals surface area (Å²) in [5.74, 6) is 0.518. The van der Waals surface area contributed by atoms with Crippen LogP contribution in [0.5, 0.6) is 5.75 Å². The summed E-state index contributed by atoms with van der Waals surface area (Å²) >= 11 is 5.86. The molecule has 18 heavy (non-hydrogen) atoms. The highest BCUT2D eigenvalue weighted by atomic mass is 35.5. The van der Waals surface area contributed by atoms with E-state index in [1.165, 1.54) is 0 Å². The van der Waals surface area contributed by atoms with E-state index in [1.54, 1.807) is 25.1 Å². The highest BCUT2D eigenvalue weighted by Crippen LogP contribution is 2.28. The summed E-state index contributed by atoms with van der Waals surface area (Å²) in [6.45, 7) is 4.39. The van der Waals surface area contributed by atoms with Gasteiger partial charge in [0.2, 0.25) is 0 Å². The maximum absolute atomic E-state index is 9.61. The average molecular weight is 275 g/mol. The van der Waals surface area contributed by atoms with Gasteiger partial charge in [0.05, 0.1) is 12.7 Å². The van der Waals surface area contributed by atoms with Crippen LogP contribution in [-0.4, -0.2) is 36.1 Å². The number of halogens is 1. The van der Waals surface area contributed by atoms with Crippen molar-refractivity contribution < 1.29 is 19.7 Å². The summed E-state index contributed by atoms with van der Waals surface area (Å²) in [5, 5.41) is 19.7. The van der Waals surface area contributed by atoms with Crippen LogP contribution in [0.25, 0.3) is 0 Å². The highest BCUT2D eigenvalue weighted by Gasteiger charge is 2.12. The zero-order valence-electron chi connectivity index (χ0n) is 10.6. The molecule has 0 aliphatic carbocycles. The van der Waals surface area contributed by atoms with Crippen LogP contribution in [0.3, 0.4) is 0 Å². The number of ether oxygens (including phenoxy) is 2. The molecule has 2 atom stereocenters. The van der Waals surface area contributed by atoms with Crippen molar-refractivity contribution in [3.63, 3.8) is 0 Å². The number of rotatable bonds is 7. The maximum atomic E-state index is 9.61. The molecule has 0 bridgehead atoms. The molecule has 2 N–H and O–H groups in total. The van der Waals surface area contributed by atoms with Crippen molar-refractivity contribution in [2.45, 2.75) is 26.1 Å². The molecule has 1 rings (SSSR count). The Morgan fingerprint density at radius 1 is 1.28 bits per heavy atom. The average Bonchev–Trinajstić information content (AvgIpc) is 2.34. The molecule has 0 saturated carbocycles. The monoisotopic (exact) mass is 274 g/mol.